The molecule has 2 heterocycles. The number of benzene rings is 2. The van der Waals surface area contributed by atoms with Crippen LogP contribution in [0, 0.1) is 0 Å². The lowest BCUT2D eigenvalue weighted by Gasteiger charge is -2.34. The lowest BCUT2D eigenvalue weighted by atomic mass is 10.2. The average Bonchev–Trinajstić information content (AvgIpc) is 3.40. The third-order valence-electron chi connectivity index (χ3n) is 5.54. The molecule has 0 aliphatic carbocycles. The number of rotatable bonds is 7. The lowest BCUT2D eigenvalue weighted by molar-refractivity contribution is -0.117. The summed E-state index contributed by atoms with van der Waals surface area (Å²) in [6.45, 7) is 2.73. The van der Waals surface area contributed by atoms with E-state index in [1.807, 2.05) is 39.4 Å². The van der Waals surface area contributed by atoms with Crippen LogP contribution in [0.25, 0.3) is 0 Å². The molecule has 9 heteroatoms. The van der Waals surface area contributed by atoms with Crippen LogP contribution in [0.3, 0.4) is 0 Å². The molecule has 0 saturated carbocycles. The molecular formula is C25H26N4O4S. The number of ether oxygens (including phenoxy) is 1. The number of carbonyl (C=O) groups excluding carboxylic acids is 3. The maximum Gasteiger partial charge on any atom is 0.264 e. The molecule has 4 rings (SSSR count). The van der Waals surface area contributed by atoms with E-state index in [2.05, 4.69) is 10.6 Å². The highest BCUT2D eigenvalue weighted by Gasteiger charge is 2.23. The second-order valence-electron chi connectivity index (χ2n) is 7.83. The van der Waals surface area contributed by atoms with Crippen LogP contribution in [-0.2, 0) is 4.79 Å². The van der Waals surface area contributed by atoms with Gasteiger partial charge in [0.15, 0.2) is 0 Å². The number of piperazine rings is 1. The van der Waals surface area contributed by atoms with Gasteiger partial charge in [0.05, 0.1) is 24.2 Å². The van der Waals surface area contributed by atoms with E-state index in [1.165, 1.54) is 11.3 Å². The zero-order valence-electron chi connectivity index (χ0n) is 18.8. The van der Waals surface area contributed by atoms with Crippen LogP contribution in [0.4, 0.5) is 11.4 Å². The molecule has 3 amide bonds. The highest BCUT2D eigenvalue weighted by atomic mass is 32.1. The number of thiophene rings is 1. The molecule has 1 aromatic heterocycles. The van der Waals surface area contributed by atoms with E-state index in [1.54, 1.807) is 43.5 Å². The van der Waals surface area contributed by atoms with Gasteiger partial charge in [-0.1, -0.05) is 18.2 Å². The van der Waals surface area contributed by atoms with Gasteiger partial charge in [-0.2, -0.15) is 0 Å². The first-order chi connectivity index (χ1) is 16.5. The van der Waals surface area contributed by atoms with Crippen LogP contribution in [0.15, 0.2) is 66.0 Å². The van der Waals surface area contributed by atoms with Gasteiger partial charge < -0.3 is 20.3 Å². The maximum atomic E-state index is 12.5. The molecule has 0 atom stereocenters. The lowest BCUT2D eigenvalue weighted by Crippen LogP contribution is -2.50. The van der Waals surface area contributed by atoms with Gasteiger partial charge in [-0.3, -0.25) is 19.3 Å². The Labute approximate surface area is 202 Å². The van der Waals surface area contributed by atoms with Crippen LogP contribution in [-0.4, -0.2) is 67.4 Å². The van der Waals surface area contributed by atoms with Gasteiger partial charge in [0.1, 0.15) is 5.75 Å². The first-order valence-electron chi connectivity index (χ1n) is 10.9. The molecule has 2 aromatic carbocycles. The standard InChI is InChI=1S/C25H26N4O4S/c1-33-21-6-3-2-5-20(21)27-24(31)18-8-10-19(11-9-18)26-23(30)17-28-12-14-29(15-13-28)25(32)22-7-4-16-34-22/h2-11,16H,12-15,17H2,1H3,(H,26,30)(H,27,31). The van der Waals surface area contributed by atoms with E-state index >= 15 is 0 Å². The number of nitrogens with zero attached hydrogens (tertiary/aromatic N) is 2. The number of amides is 3. The van der Waals surface area contributed by atoms with Crippen molar-refractivity contribution in [1.82, 2.24) is 9.80 Å². The van der Waals surface area contributed by atoms with Crippen LogP contribution >= 0.6 is 11.3 Å². The van der Waals surface area contributed by atoms with Crippen LogP contribution in [0.5, 0.6) is 5.75 Å². The molecule has 2 N–H and O–H groups in total. The predicted molar refractivity (Wildman–Crippen MR) is 133 cm³/mol. The third-order valence-corrected chi connectivity index (χ3v) is 6.40. The monoisotopic (exact) mass is 478 g/mol. The first-order valence-corrected chi connectivity index (χ1v) is 11.8. The smallest absolute Gasteiger partial charge is 0.264 e. The molecule has 1 saturated heterocycles. The fourth-order valence-corrected chi connectivity index (χ4v) is 4.41. The Morgan fingerprint density at radius 1 is 0.912 bits per heavy atom. The van der Waals surface area contributed by atoms with Crippen LogP contribution < -0.4 is 15.4 Å². The number of nitrogens with one attached hydrogen (secondary N) is 2. The molecule has 0 unspecified atom stereocenters. The second kappa shape index (κ2) is 11.0. The summed E-state index contributed by atoms with van der Waals surface area (Å²) in [6, 6.07) is 17.6. The first kappa shape index (κ1) is 23.5. The van der Waals surface area contributed by atoms with Crippen molar-refractivity contribution in [3.05, 3.63) is 76.5 Å². The minimum absolute atomic E-state index is 0.0499. The number of hydrogen-bond acceptors (Lipinski definition) is 6. The molecular weight excluding hydrogens is 452 g/mol. The number of para-hydroxylation sites is 2. The van der Waals surface area contributed by atoms with Gasteiger partial charge in [0.25, 0.3) is 11.8 Å². The van der Waals surface area contributed by atoms with Crippen molar-refractivity contribution < 1.29 is 19.1 Å². The largest absolute Gasteiger partial charge is 0.495 e. The van der Waals surface area contributed by atoms with Crippen LogP contribution in [0.1, 0.15) is 20.0 Å². The molecule has 1 aliphatic rings. The van der Waals surface area contributed by atoms with Gasteiger partial charge in [0.2, 0.25) is 5.91 Å². The Morgan fingerprint density at radius 2 is 1.65 bits per heavy atom. The van der Waals surface area contributed by atoms with Crippen LogP contribution in [0.2, 0.25) is 0 Å². The van der Waals surface area contributed by atoms with Gasteiger partial charge in [-0.15, -0.1) is 11.3 Å². The SMILES string of the molecule is COc1ccccc1NC(=O)c1ccc(NC(=O)CN2CCN(C(=O)c3cccs3)CC2)cc1. The third kappa shape index (κ3) is 5.81. The van der Waals surface area contributed by atoms with Crippen molar-refractivity contribution in [3.63, 3.8) is 0 Å². The van der Waals surface area contributed by atoms with Crippen molar-refractivity contribution in [2.45, 2.75) is 0 Å². The van der Waals surface area contributed by atoms with E-state index in [4.69, 9.17) is 4.74 Å². The fraction of sp³-hybridized carbons (Fsp3) is 0.240. The normalized spacial score (nSPS) is 13.9. The molecule has 3 aromatic rings. The summed E-state index contributed by atoms with van der Waals surface area (Å²) in [6.07, 6.45) is 0. The summed E-state index contributed by atoms with van der Waals surface area (Å²) in [5.41, 5.74) is 1.67. The number of anilines is 2. The Kier molecular flexibility index (Phi) is 7.56. The quantitative estimate of drug-likeness (QED) is 0.543. The van der Waals surface area contributed by atoms with E-state index in [0.717, 1.165) is 4.88 Å². The molecule has 8 nitrogen and oxygen atoms in total. The molecule has 1 aliphatic heterocycles. The van der Waals surface area contributed by atoms with E-state index < -0.39 is 0 Å². The van der Waals surface area contributed by atoms with Gasteiger partial charge in [0, 0.05) is 37.4 Å². The minimum atomic E-state index is -0.266. The second-order valence-corrected chi connectivity index (χ2v) is 8.77. The summed E-state index contributed by atoms with van der Waals surface area (Å²) in [7, 11) is 1.55. The Hall–Kier alpha value is -3.69. The molecule has 0 bridgehead atoms. The van der Waals surface area contributed by atoms with Crippen molar-refractivity contribution in [1.29, 1.82) is 0 Å². The average molecular weight is 479 g/mol. The molecule has 0 radical (unpaired) electrons. The van der Waals surface area contributed by atoms with E-state index in [9.17, 15) is 14.4 Å². The number of hydrogen-bond donors (Lipinski definition) is 2. The van der Waals surface area contributed by atoms with Gasteiger partial charge in [-0.05, 0) is 47.8 Å². The number of methoxy groups -OCH3 is 1. The summed E-state index contributed by atoms with van der Waals surface area (Å²) in [5, 5.41) is 7.59. The molecule has 1 fully saturated rings. The highest BCUT2D eigenvalue weighted by Crippen LogP contribution is 2.24. The topological polar surface area (TPSA) is 91.0 Å². The summed E-state index contributed by atoms with van der Waals surface area (Å²) >= 11 is 1.44. The zero-order valence-corrected chi connectivity index (χ0v) is 19.6. The van der Waals surface area contributed by atoms with Crippen molar-refractivity contribution in [3.8, 4) is 5.75 Å². The highest BCUT2D eigenvalue weighted by molar-refractivity contribution is 7.12. The minimum Gasteiger partial charge on any atom is -0.495 e. The van der Waals surface area contributed by atoms with Gasteiger partial charge in [-0.25, -0.2) is 0 Å². The molecule has 34 heavy (non-hydrogen) atoms. The Bertz CT molecular complexity index is 1140. The number of carbonyl (C=O) groups is 3. The maximum absolute atomic E-state index is 12.5. The summed E-state index contributed by atoms with van der Waals surface area (Å²) in [4.78, 5) is 42.1. The van der Waals surface area contributed by atoms with Crippen molar-refractivity contribution in [2.75, 3.05) is 50.5 Å². The summed E-state index contributed by atoms with van der Waals surface area (Å²) in [5.74, 6) is 0.229. The van der Waals surface area contributed by atoms with E-state index in [-0.39, 0.29) is 24.3 Å². The summed E-state index contributed by atoms with van der Waals surface area (Å²) < 4.78 is 5.26. The fourth-order valence-electron chi connectivity index (χ4n) is 3.72. The van der Waals surface area contributed by atoms with E-state index in [0.29, 0.717) is 48.9 Å². The molecule has 0 spiro atoms. The van der Waals surface area contributed by atoms with Crippen molar-refractivity contribution in [2.24, 2.45) is 0 Å². The molecule has 176 valence electrons. The van der Waals surface area contributed by atoms with Crippen molar-refractivity contribution >= 4 is 40.4 Å². The zero-order chi connectivity index (χ0) is 23.9. The Balaban J connectivity index is 1.25. The Morgan fingerprint density at radius 3 is 2.32 bits per heavy atom. The van der Waals surface area contributed by atoms with Gasteiger partial charge >= 0.3 is 0 Å². The predicted octanol–water partition coefficient (Wildman–Crippen LogP) is 3.41.